The molecule has 0 aliphatic heterocycles. The van der Waals surface area contributed by atoms with E-state index in [0.29, 0.717) is 6.42 Å². The molecule has 2 saturated carbocycles. The van der Waals surface area contributed by atoms with Gasteiger partial charge in [-0.25, -0.2) is 0 Å². The lowest BCUT2D eigenvalue weighted by atomic mass is 10.0. The summed E-state index contributed by atoms with van der Waals surface area (Å²) in [6.07, 6.45) is 0.224. The molecule has 2 fully saturated rings. The Labute approximate surface area is 59.3 Å². The molecule has 3 N–H and O–H groups in total. The van der Waals surface area contributed by atoms with Crippen molar-refractivity contribution in [3.63, 3.8) is 0 Å². The van der Waals surface area contributed by atoms with Crippen LogP contribution in [0, 0.1) is 5.41 Å². The topological polar surface area (TPSA) is 60.7 Å². The van der Waals surface area contributed by atoms with Crippen LogP contribution in [0.5, 0.6) is 0 Å². The fraction of sp³-hybridized carbons (Fsp3) is 1.00. The summed E-state index contributed by atoms with van der Waals surface area (Å²) in [7, 11) is 0. The summed E-state index contributed by atoms with van der Waals surface area (Å²) in [6, 6.07) is 0. The van der Waals surface area contributed by atoms with Crippen molar-refractivity contribution in [3.05, 3.63) is 0 Å². The monoisotopic (exact) mass is 144 g/mol. The minimum absolute atomic E-state index is 0.0984. The molecular weight excluding hydrogens is 132 g/mol. The van der Waals surface area contributed by atoms with Crippen LogP contribution in [-0.4, -0.2) is 33.6 Å². The van der Waals surface area contributed by atoms with Gasteiger partial charge in [-0.3, -0.25) is 0 Å². The molecule has 0 aromatic heterocycles. The Morgan fingerprint density at radius 1 is 1.10 bits per heavy atom. The lowest BCUT2D eigenvalue weighted by molar-refractivity contribution is -0.0286. The highest BCUT2D eigenvalue weighted by Gasteiger charge is 2.59. The van der Waals surface area contributed by atoms with Gasteiger partial charge < -0.3 is 15.3 Å². The molecule has 0 radical (unpaired) electrons. The normalized spacial score (nSPS) is 50.1. The zero-order valence-electron chi connectivity index (χ0n) is 5.70. The number of hydrogen-bond donors (Lipinski definition) is 3. The van der Waals surface area contributed by atoms with Gasteiger partial charge in [0.05, 0.1) is 12.2 Å². The van der Waals surface area contributed by atoms with Crippen molar-refractivity contribution in [2.24, 2.45) is 5.41 Å². The van der Waals surface area contributed by atoms with Gasteiger partial charge in [-0.05, 0) is 19.3 Å². The van der Waals surface area contributed by atoms with E-state index in [4.69, 9.17) is 10.2 Å². The molecule has 0 amide bonds. The third-order valence-electron chi connectivity index (χ3n) is 2.85. The van der Waals surface area contributed by atoms with Crippen LogP contribution in [0.1, 0.15) is 19.3 Å². The Morgan fingerprint density at radius 3 is 1.90 bits per heavy atom. The molecule has 10 heavy (non-hydrogen) atoms. The Kier molecular flexibility index (Phi) is 1.14. The Bertz CT molecular complexity index is 153. The summed E-state index contributed by atoms with van der Waals surface area (Å²) >= 11 is 0. The Morgan fingerprint density at radius 2 is 1.70 bits per heavy atom. The second kappa shape index (κ2) is 1.72. The molecule has 0 aromatic rings. The van der Waals surface area contributed by atoms with E-state index in [2.05, 4.69) is 0 Å². The molecule has 2 aliphatic rings. The van der Waals surface area contributed by atoms with Gasteiger partial charge in [-0.15, -0.1) is 0 Å². The van der Waals surface area contributed by atoms with E-state index in [-0.39, 0.29) is 5.41 Å². The third kappa shape index (κ3) is 0.654. The zero-order valence-corrected chi connectivity index (χ0v) is 5.70. The molecule has 1 spiro atoms. The smallest absolute Gasteiger partial charge is 0.106 e. The molecule has 0 saturated heterocycles. The van der Waals surface area contributed by atoms with Crippen LogP contribution in [0.4, 0.5) is 0 Å². The fourth-order valence-electron chi connectivity index (χ4n) is 1.89. The van der Waals surface area contributed by atoms with Crippen LogP contribution in [0.2, 0.25) is 0 Å². The quantitative estimate of drug-likeness (QED) is 0.419. The average Bonchev–Trinajstić information content (AvgIpc) is 2.62. The van der Waals surface area contributed by atoms with E-state index in [0.717, 1.165) is 12.8 Å². The maximum Gasteiger partial charge on any atom is 0.106 e. The molecule has 58 valence electrons. The van der Waals surface area contributed by atoms with Gasteiger partial charge in [-0.1, -0.05) is 0 Å². The standard InChI is InChI=1S/C7H12O3/c8-4-3-7(1-2-7)6(10)5(4)9/h4-6,8-10H,1-3H2. The molecule has 0 heterocycles. The number of aliphatic hydroxyl groups excluding tert-OH is 3. The summed E-state index contributed by atoms with van der Waals surface area (Å²) in [5.74, 6) is 0. The molecule has 3 nitrogen and oxygen atoms in total. The van der Waals surface area contributed by atoms with Crippen LogP contribution in [0.15, 0.2) is 0 Å². The average molecular weight is 144 g/mol. The van der Waals surface area contributed by atoms with Gasteiger partial charge in [0.25, 0.3) is 0 Å². The van der Waals surface area contributed by atoms with Crippen LogP contribution in [0.3, 0.4) is 0 Å². The van der Waals surface area contributed by atoms with Crippen molar-refractivity contribution in [1.29, 1.82) is 0 Å². The van der Waals surface area contributed by atoms with Gasteiger partial charge in [-0.2, -0.15) is 0 Å². The first-order valence-corrected chi connectivity index (χ1v) is 3.70. The number of hydrogen-bond acceptors (Lipinski definition) is 3. The van der Waals surface area contributed by atoms with Crippen molar-refractivity contribution in [2.45, 2.75) is 37.6 Å². The van der Waals surface area contributed by atoms with E-state index in [9.17, 15) is 5.11 Å². The van der Waals surface area contributed by atoms with Crippen molar-refractivity contribution in [2.75, 3.05) is 0 Å². The molecule has 3 atom stereocenters. The van der Waals surface area contributed by atoms with Crippen molar-refractivity contribution < 1.29 is 15.3 Å². The van der Waals surface area contributed by atoms with E-state index >= 15 is 0 Å². The summed E-state index contributed by atoms with van der Waals surface area (Å²) < 4.78 is 0. The van der Waals surface area contributed by atoms with E-state index in [1.165, 1.54) is 0 Å². The molecule has 0 bridgehead atoms. The van der Waals surface area contributed by atoms with Crippen molar-refractivity contribution in [1.82, 2.24) is 0 Å². The summed E-state index contributed by atoms with van der Waals surface area (Å²) in [6.45, 7) is 0. The van der Waals surface area contributed by atoms with Gasteiger partial charge in [0.1, 0.15) is 6.10 Å². The predicted octanol–water partition coefficient (Wildman–Crippen LogP) is -0.747. The lowest BCUT2D eigenvalue weighted by Crippen LogP contribution is -2.30. The fourth-order valence-corrected chi connectivity index (χ4v) is 1.89. The first kappa shape index (κ1) is 6.58. The van der Waals surface area contributed by atoms with Gasteiger partial charge in [0, 0.05) is 5.41 Å². The Hall–Kier alpha value is -0.120. The molecule has 2 rings (SSSR count). The maximum absolute atomic E-state index is 9.35. The van der Waals surface area contributed by atoms with E-state index in [1.54, 1.807) is 0 Å². The van der Waals surface area contributed by atoms with Crippen LogP contribution in [-0.2, 0) is 0 Å². The highest BCUT2D eigenvalue weighted by molar-refractivity contribution is 5.09. The summed E-state index contributed by atoms with van der Waals surface area (Å²) in [5.41, 5.74) is -0.0984. The number of aliphatic hydroxyl groups is 3. The predicted molar refractivity (Wildman–Crippen MR) is 34.3 cm³/mol. The van der Waals surface area contributed by atoms with E-state index < -0.39 is 18.3 Å². The van der Waals surface area contributed by atoms with Gasteiger partial charge in [0.2, 0.25) is 0 Å². The molecule has 0 aromatic carbocycles. The maximum atomic E-state index is 9.35. The molecule has 3 unspecified atom stereocenters. The minimum atomic E-state index is -0.900. The zero-order chi connectivity index (χ0) is 7.35. The molecular formula is C7H12O3. The van der Waals surface area contributed by atoms with Crippen LogP contribution in [0.25, 0.3) is 0 Å². The Balaban J connectivity index is 2.16. The van der Waals surface area contributed by atoms with Crippen LogP contribution < -0.4 is 0 Å². The number of rotatable bonds is 0. The minimum Gasteiger partial charge on any atom is -0.390 e. The highest BCUT2D eigenvalue weighted by atomic mass is 16.4. The summed E-state index contributed by atoms with van der Waals surface area (Å²) in [4.78, 5) is 0. The summed E-state index contributed by atoms with van der Waals surface area (Å²) in [5, 5.41) is 27.6. The van der Waals surface area contributed by atoms with Crippen molar-refractivity contribution in [3.8, 4) is 0 Å². The largest absolute Gasteiger partial charge is 0.390 e. The van der Waals surface area contributed by atoms with Gasteiger partial charge >= 0.3 is 0 Å². The second-order valence-electron chi connectivity index (χ2n) is 3.57. The lowest BCUT2D eigenvalue weighted by Gasteiger charge is -2.13. The van der Waals surface area contributed by atoms with Gasteiger partial charge in [0.15, 0.2) is 0 Å². The third-order valence-corrected chi connectivity index (χ3v) is 2.85. The molecule has 3 heteroatoms. The SMILES string of the molecule is OC1CC2(CC2)C(O)C1O. The van der Waals surface area contributed by atoms with Crippen molar-refractivity contribution >= 4 is 0 Å². The first-order chi connectivity index (χ1) is 4.66. The molecule has 2 aliphatic carbocycles. The van der Waals surface area contributed by atoms with E-state index in [1.807, 2.05) is 0 Å². The first-order valence-electron chi connectivity index (χ1n) is 3.70. The second-order valence-corrected chi connectivity index (χ2v) is 3.57. The highest BCUT2D eigenvalue weighted by Crippen LogP contribution is 2.57. The van der Waals surface area contributed by atoms with Crippen LogP contribution >= 0.6 is 0 Å².